The summed E-state index contributed by atoms with van der Waals surface area (Å²) in [6, 6.07) is 2.40. The van der Waals surface area contributed by atoms with Gasteiger partial charge >= 0.3 is 47.7 Å². The van der Waals surface area contributed by atoms with E-state index in [9.17, 15) is 80.8 Å². The van der Waals surface area contributed by atoms with E-state index in [1.807, 2.05) is 0 Å². The first kappa shape index (κ1) is 32.9. The highest BCUT2D eigenvalue weighted by Crippen LogP contribution is 2.62. The molecule has 0 radical (unpaired) electrons. The predicted molar refractivity (Wildman–Crippen MR) is 93.0 cm³/mol. The summed E-state index contributed by atoms with van der Waals surface area (Å²) in [6.45, 7) is -1.81. The molecule has 0 N–H and O–H groups in total. The lowest BCUT2D eigenvalue weighted by atomic mass is 9.91. The van der Waals surface area contributed by atoms with Crippen LogP contribution in [0.5, 0.6) is 0 Å². The van der Waals surface area contributed by atoms with Gasteiger partial charge in [-0.2, -0.15) is 65.9 Å². The Morgan fingerprint density at radius 1 is 0.789 bits per heavy atom. The number of anilines is 1. The van der Waals surface area contributed by atoms with Crippen molar-refractivity contribution in [3.05, 3.63) is 33.9 Å². The van der Waals surface area contributed by atoms with Gasteiger partial charge in [0, 0.05) is 25.8 Å². The number of hydrogen-bond acceptors (Lipinski definition) is 5. The molecule has 0 aromatic heterocycles. The Balaban J connectivity index is 3.42. The van der Waals surface area contributed by atoms with Crippen molar-refractivity contribution in [2.75, 3.05) is 19.0 Å². The molecule has 38 heavy (non-hydrogen) atoms. The van der Waals surface area contributed by atoms with Gasteiger partial charge in [-0.25, -0.2) is 4.79 Å². The monoisotopic (exact) mass is 592 g/mol. The molecule has 0 amide bonds. The summed E-state index contributed by atoms with van der Waals surface area (Å²) in [7, 11) is 2.71. The Bertz CT molecular complexity index is 1070. The molecule has 0 saturated heterocycles. The van der Waals surface area contributed by atoms with Gasteiger partial charge in [-0.15, -0.1) is 0 Å². The summed E-state index contributed by atoms with van der Waals surface area (Å²) >= 11 is 0. The molecule has 0 aliphatic rings. The van der Waals surface area contributed by atoms with Gasteiger partial charge in [0.1, 0.15) is 6.61 Å². The number of halogens is 15. The minimum Gasteiger partial charge on any atom is -0.456 e. The fourth-order valence-electron chi connectivity index (χ4n) is 2.45. The molecule has 21 heteroatoms. The molecule has 0 fully saturated rings. The van der Waals surface area contributed by atoms with Crippen molar-refractivity contribution >= 4 is 17.3 Å². The van der Waals surface area contributed by atoms with E-state index in [0.29, 0.717) is 12.1 Å². The van der Waals surface area contributed by atoms with Crippen LogP contribution in [0.1, 0.15) is 5.56 Å². The van der Waals surface area contributed by atoms with Crippen LogP contribution in [0.25, 0.3) is 0 Å². The lowest BCUT2D eigenvalue weighted by molar-refractivity contribution is -0.450. The Hall–Kier alpha value is -3.16. The third-order valence-corrected chi connectivity index (χ3v) is 4.72. The number of benzene rings is 1. The summed E-state index contributed by atoms with van der Waals surface area (Å²) in [5, 5.41) is 11.1. The lowest BCUT2D eigenvalue weighted by Gasteiger charge is -2.40. The average Bonchev–Trinajstić information content (AvgIpc) is 2.75. The number of carbonyl (C=O) groups is 1. The van der Waals surface area contributed by atoms with Crippen molar-refractivity contribution in [1.29, 1.82) is 0 Å². The second-order valence-electron chi connectivity index (χ2n) is 7.48. The van der Waals surface area contributed by atoms with Crippen LogP contribution in [-0.2, 0) is 16.1 Å². The van der Waals surface area contributed by atoms with E-state index in [1.165, 1.54) is 19.0 Å². The maximum Gasteiger partial charge on any atom is 0.460 e. The summed E-state index contributed by atoms with van der Waals surface area (Å²) in [6.07, 6.45) is -7.76. The third-order valence-electron chi connectivity index (χ3n) is 4.72. The molecule has 1 rings (SSSR count). The molecule has 218 valence electrons. The predicted octanol–water partition coefficient (Wildman–Crippen LogP) is 6.08. The van der Waals surface area contributed by atoms with Gasteiger partial charge in [-0.05, 0) is 12.1 Å². The van der Waals surface area contributed by atoms with Crippen molar-refractivity contribution in [2.45, 2.75) is 48.3 Å². The fraction of sp³-hybridized carbons (Fsp3) is 0.588. The first-order chi connectivity index (χ1) is 16.6. The number of rotatable bonds is 10. The van der Waals surface area contributed by atoms with Gasteiger partial charge in [0.2, 0.25) is 0 Å². The number of ether oxygens (including phenoxy) is 1. The number of alkyl halides is 15. The van der Waals surface area contributed by atoms with Crippen molar-refractivity contribution in [3.8, 4) is 0 Å². The quantitative estimate of drug-likeness (QED) is 0.143. The lowest BCUT2D eigenvalue weighted by Crippen LogP contribution is -2.73. The number of nitro benzene ring substituents is 1. The first-order valence-corrected chi connectivity index (χ1v) is 9.08. The smallest absolute Gasteiger partial charge is 0.456 e. The zero-order chi connectivity index (χ0) is 30.5. The number of nitro groups is 1. The van der Waals surface area contributed by atoms with E-state index in [4.69, 9.17) is 0 Å². The minimum atomic E-state index is -8.56. The summed E-state index contributed by atoms with van der Waals surface area (Å²) in [5.74, 6) is -52.9. The zero-order valence-electron chi connectivity index (χ0n) is 18.1. The SMILES string of the molecule is CN(C)c1ccc(COC(=O)C(F)(F)C(F)(F)C(F)(F)C(F)(F)C(F)(F)C(F)(F)C(F)(F)F)c([N+](=O)[O-])c1. The van der Waals surface area contributed by atoms with Gasteiger partial charge in [0.25, 0.3) is 5.69 Å². The Kier molecular flexibility index (Phi) is 8.25. The molecule has 0 saturated carbocycles. The van der Waals surface area contributed by atoms with Crippen LogP contribution >= 0.6 is 0 Å². The van der Waals surface area contributed by atoms with E-state index in [2.05, 4.69) is 4.74 Å². The standard InChI is InChI=1S/C17H11F15N2O4/c1-33(2)8-4-3-7(9(5-8)34(36)37)6-38-10(35)11(18,19)12(20,21)13(22,23)14(24,25)15(26,27)16(28,29)17(30,31)32/h3-5H,6H2,1-2H3. The molecule has 0 spiro atoms. The van der Waals surface area contributed by atoms with Crippen LogP contribution in [-0.4, -0.2) is 66.7 Å². The first-order valence-electron chi connectivity index (χ1n) is 9.08. The molecule has 0 heterocycles. The second kappa shape index (κ2) is 9.54. The number of hydrogen-bond donors (Lipinski definition) is 0. The molecule has 6 nitrogen and oxygen atoms in total. The molecule has 0 aliphatic heterocycles. The zero-order valence-corrected chi connectivity index (χ0v) is 18.1. The van der Waals surface area contributed by atoms with E-state index in [1.54, 1.807) is 0 Å². The number of carbonyl (C=O) groups excluding carboxylic acids is 1. The van der Waals surface area contributed by atoms with E-state index < -0.39 is 70.5 Å². The van der Waals surface area contributed by atoms with Crippen LogP contribution in [0.4, 0.5) is 77.2 Å². The Morgan fingerprint density at radius 3 is 1.61 bits per heavy atom. The van der Waals surface area contributed by atoms with Gasteiger partial charge in [-0.1, -0.05) is 0 Å². The number of nitrogens with zero attached hydrogens (tertiary/aromatic N) is 2. The van der Waals surface area contributed by atoms with Crippen LogP contribution < -0.4 is 4.90 Å². The molecule has 0 aliphatic carbocycles. The largest absolute Gasteiger partial charge is 0.460 e. The molecule has 1 aromatic carbocycles. The van der Waals surface area contributed by atoms with Crippen LogP contribution in [0.15, 0.2) is 18.2 Å². The highest BCUT2D eigenvalue weighted by atomic mass is 19.4. The fourth-order valence-corrected chi connectivity index (χ4v) is 2.45. The van der Waals surface area contributed by atoms with Gasteiger partial charge in [0.05, 0.1) is 10.5 Å². The van der Waals surface area contributed by atoms with E-state index >= 15 is 0 Å². The average molecular weight is 592 g/mol. The van der Waals surface area contributed by atoms with E-state index in [0.717, 1.165) is 6.07 Å². The third kappa shape index (κ3) is 4.85. The summed E-state index contributed by atoms with van der Waals surface area (Å²) in [4.78, 5) is 22.5. The van der Waals surface area contributed by atoms with Gasteiger partial charge in [0.15, 0.2) is 0 Å². The molecular formula is C17H11F15N2O4. The maximum atomic E-state index is 13.8. The van der Waals surface area contributed by atoms with Gasteiger partial charge < -0.3 is 9.64 Å². The van der Waals surface area contributed by atoms with Crippen LogP contribution in [0, 0.1) is 10.1 Å². The highest BCUT2D eigenvalue weighted by Gasteiger charge is 2.94. The normalized spacial score (nSPS) is 14.3. The van der Waals surface area contributed by atoms with Crippen molar-refractivity contribution in [1.82, 2.24) is 0 Å². The Labute approximate surface area is 200 Å². The molecule has 0 bridgehead atoms. The molecule has 1 aromatic rings. The van der Waals surface area contributed by atoms with Gasteiger partial charge in [-0.3, -0.25) is 10.1 Å². The number of esters is 1. The molecule has 0 unspecified atom stereocenters. The summed E-state index contributed by atoms with van der Waals surface area (Å²) in [5.41, 5.74) is -1.85. The van der Waals surface area contributed by atoms with Crippen molar-refractivity contribution in [3.63, 3.8) is 0 Å². The molecular weight excluding hydrogens is 581 g/mol. The maximum absolute atomic E-state index is 13.8. The van der Waals surface area contributed by atoms with Crippen molar-refractivity contribution in [2.24, 2.45) is 0 Å². The highest BCUT2D eigenvalue weighted by molar-refractivity contribution is 5.79. The van der Waals surface area contributed by atoms with Crippen LogP contribution in [0.3, 0.4) is 0 Å². The van der Waals surface area contributed by atoms with Crippen molar-refractivity contribution < 1.29 is 80.3 Å². The van der Waals surface area contributed by atoms with E-state index in [-0.39, 0.29) is 5.69 Å². The Morgan fingerprint density at radius 2 is 1.21 bits per heavy atom. The molecule has 0 atom stereocenters. The minimum absolute atomic E-state index is 0.0575. The van der Waals surface area contributed by atoms with Crippen LogP contribution in [0.2, 0.25) is 0 Å². The topological polar surface area (TPSA) is 72.7 Å². The second-order valence-corrected chi connectivity index (χ2v) is 7.48. The summed E-state index contributed by atoms with van der Waals surface area (Å²) < 4.78 is 201.